The monoisotopic (exact) mass is 152 g/mol. The van der Waals surface area contributed by atoms with Gasteiger partial charge in [-0.2, -0.15) is 0 Å². The molecule has 0 aliphatic rings. The topological polar surface area (TPSA) is 0 Å². The van der Waals surface area contributed by atoms with Crippen LogP contribution >= 0.6 is 0 Å². The van der Waals surface area contributed by atoms with Crippen LogP contribution in [0, 0.1) is 0 Å². The van der Waals surface area contributed by atoms with E-state index in [0.29, 0.717) is 0 Å². The van der Waals surface area contributed by atoms with Crippen molar-refractivity contribution in [1.82, 2.24) is 0 Å². The standard InChI is InChI=1S/C7H12.C4H8/c1-4-5-6-7(2)3;1-3-4-2/h5-6H,2,4H2,1,3H3;3-4H,1-2H3/b6-5-;4-3+. The minimum atomic E-state index is 1.10. The zero-order valence-electron chi connectivity index (χ0n) is 8.22. The van der Waals surface area contributed by atoms with Crippen LogP contribution in [0.2, 0.25) is 0 Å². The third-order valence-corrected chi connectivity index (χ3v) is 0.971. The van der Waals surface area contributed by atoms with Gasteiger partial charge in [0.25, 0.3) is 0 Å². The van der Waals surface area contributed by atoms with Crippen LogP contribution in [0.4, 0.5) is 0 Å². The fourth-order valence-corrected chi connectivity index (χ4v) is 0.319. The Bertz CT molecular complexity index is 123. The fourth-order valence-electron chi connectivity index (χ4n) is 0.319. The van der Waals surface area contributed by atoms with E-state index in [4.69, 9.17) is 0 Å². The van der Waals surface area contributed by atoms with Crippen LogP contribution in [0.3, 0.4) is 0 Å². The Morgan fingerprint density at radius 1 is 1.27 bits per heavy atom. The molecule has 0 unspecified atom stereocenters. The van der Waals surface area contributed by atoms with Gasteiger partial charge >= 0.3 is 0 Å². The summed E-state index contributed by atoms with van der Waals surface area (Å²) in [5, 5.41) is 0. The Morgan fingerprint density at radius 3 is 1.82 bits per heavy atom. The Labute approximate surface area is 71.3 Å². The maximum atomic E-state index is 3.71. The lowest BCUT2D eigenvalue weighted by atomic mass is 10.3. The maximum absolute atomic E-state index is 3.71. The van der Waals surface area contributed by atoms with Gasteiger partial charge in [0.05, 0.1) is 0 Å². The van der Waals surface area contributed by atoms with E-state index in [2.05, 4.69) is 19.6 Å². The molecule has 64 valence electrons. The summed E-state index contributed by atoms with van der Waals surface area (Å²) in [7, 11) is 0. The number of rotatable bonds is 2. The smallest absolute Gasteiger partial charge is 0.0376 e. The molecule has 0 aliphatic carbocycles. The lowest BCUT2D eigenvalue weighted by Crippen LogP contribution is -1.58. The van der Waals surface area contributed by atoms with Crippen LogP contribution in [-0.2, 0) is 0 Å². The predicted molar refractivity (Wildman–Crippen MR) is 54.7 cm³/mol. The van der Waals surface area contributed by atoms with E-state index in [0.717, 1.165) is 12.0 Å². The van der Waals surface area contributed by atoms with Crippen molar-refractivity contribution in [2.75, 3.05) is 0 Å². The van der Waals surface area contributed by atoms with Crippen molar-refractivity contribution in [3.8, 4) is 0 Å². The van der Waals surface area contributed by atoms with E-state index in [1.54, 1.807) is 0 Å². The highest BCUT2D eigenvalue weighted by Crippen LogP contribution is 1.89. The summed E-state index contributed by atoms with van der Waals surface area (Å²) in [5.74, 6) is 0. The molecule has 0 heterocycles. The molecule has 0 bridgehead atoms. The van der Waals surface area contributed by atoms with E-state index in [-0.39, 0.29) is 0 Å². The summed E-state index contributed by atoms with van der Waals surface area (Å²) in [6.07, 6.45) is 9.23. The molecular formula is C11H20. The highest BCUT2D eigenvalue weighted by atomic mass is 13.7. The molecule has 0 saturated carbocycles. The van der Waals surface area contributed by atoms with Gasteiger partial charge in [-0.3, -0.25) is 0 Å². The third kappa shape index (κ3) is 27.0. The zero-order valence-corrected chi connectivity index (χ0v) is 8.22. The highest BCUT2D eigenvalue weighted by Gasteiger charge is 1.67. The first-order chi connectivity index (χ1) is 5.18. The Morgan fingerprint density at radius 2 is 1.73 bits per heavy atom. The van der Waals surface area contributed by atoms with Crippen LogP contribution in [0.15, 0.2) is 36.5 Å². The van der Waals surface area contributed by atoms with E-state index < -0.39 is 0 Å². The van der Waals surface area contributed by atoms with E-state index in [1.807, 2.05) is 39.0 Å². The van der Waals surface area contributed by atoms with Crippen molar-refractivity contribution in [3.05, 3.63) is 36.5 Å². The average Bonchev–Trinajstić information content (AvgIpc) is 2.01. The number of hydrogen-bond donors (Lipinski definition) is 0. The van der Waals surface area contributed by atoms with Crippen molar-refractivity contribution in [1.29, 1.82) is 0 Å². The fraction of sp³-hybridized carbons (Fsp3) is 0.455. The van der Waals surface area contributed by atoms with Gasteiger partial charge in [0, 0.05) is 0 Å². The summed E-state index contributed by atoms with van der Waals surface area (Å²) in [5.41, 5.74) is 1.13. The van der Waals surface area contributed by atoms with Crippen LogP contribution in [-0.4, -0.2) is 0 Å². The molecule has 0 aromatic carbocycles. The van der Waals surface area contributed by atoms with E-state index >= 15 is 0 Å². The van der Waals surface area contributed by atoms with E-state index in [1.165, 1.54) is 0 Å². The van der Waals surface area contributed by atoms with Gasteiger partial charge in [0.2, 0.25) is 0 Å². The van der Waals surface area contributed by atoms with Crippen LogP contribution in [0.5, 0.6) is 0 Å². The van der Waals surface area contributed by atoms with Crippen molar-refractivity contribution in [3.63, 3.8) is 0 Å². The molecule has 0 N–H and O–H groups in total. The molecule has 0 aromatic rings. The van der Waals surface area contributed by atoms with Crippen molar-refractivity contribution in [2.45, 2.75) is 34.1 Å². The van der Waals surface area contributed by atoms with E-state index in [9.17, 15) is 0 Å². The predicted octanol–water partition coefficient (Wildman–Crippen LogP) is 4.11. The van der Waals surface area contributed by atoms with Gasteiger partial charge in [0.1, 0.15) is 0 Å². The molecule has 0 saturated heterocycles. The van der Waals surface area contributed by atoms with Crippen LogP contribution < -0.4 is 0 Å². The first kappa shape index (κ1) is 12.9. The first-order valence-corrected chi connectivity index (χ1v) is 4.08. The molecule has 0 aromatic heterocycles. The number of allylic oxidation sites excluding steroid dienone is 5. The lowest BCUT2D eigenvalue weighted by Gasteiger charge is -1.79. The molecule has 0 nitrogen and oxygen atoms in total. The van der Waals surface area contributed by atoms with Crippen molar-refractivity contribution < 1.29 is 0 Å². The SMILES string of the molecule is C/C=C/C.C=C(C)/C=C\CC. The Kier molecular flexibility index (Phi) is 14.0. The summed E-state index contributed by atoms with van der Waals surface area (Å²) < 4.78 is 0. The minimum absolute atomic E-state index is 1.10. The van der Waals surface area contributed by atoms with Crippen LogP contribution in [0.25, 0.3) is 0 Å². The summed E-state index contributed by atoms with van der Waals surface area (Å²) in [6.45, 7) is 11.8. The summed E-state index contributed by atoms with van der Waals surface area (Å²) in [4.78, 5) is 0. The molecule has 11 heavy (non-hydrogen) atoms. The normalized spacial score (nSPS) is 9.82. The summed E-state index contributed by atoms with van der Waals surface area (Å²) >= 11 is 0. The molecule has 0 radical (unpaired) electrons. The van der Waals surface area contributed by atoms with Crippen LogP contribution in [0.1, 0.15) is 34.1 Å². The third-order valence-electron chi connectivity index (χ3n) is 0.971. The molecule has 0 atom stereocenters. The zero-order chi connectivity index (χ0) is 9.11. The molecule has 0 amide bonds. The first-order valence-electron chi connectivity index (χ1n) is 4.08. The Balaban J connectivity index is 0. The van der Waals surface area contributed by atoms with Crippen molar-refractivity contribution >= 4 is 0 Å². The van der Waals surface area contributed by atoms with Gasteiger partial charge in [-0.15, -0.1) is 0 Å². The molecule has 0 aliphatic heterocycles. The minimum Gasteiger partial charge on any atom is -0.0961 e. The van der Waals surface area contributed by atoms with Gasteiger partial charge < -0.3 is 0 Å². The molecular weight excluding hydrogens is 132 g/mol. The maximum Gasteiger partial charge on any atom is -0.0376 e. The quantitative estimate of drug-likeness (QED) is 0.412. The lowest BCUT2D eigenvalue weighted by molar-refractivity contribution is 1.22. The second kappa shape index (κ2) is 12.0. The highest BCUT2D eigenvalue weighted by molar-refractivity contribution is 5.10. The summed E-state index contributed by atoms with van der Waals surface area (Å²) in [6, 6.07) is 0. The second-order valence-corrected chi connectivity index (χ2v) is 2.32. The molecule has 0 rings (SSSR count). The average molecular weight is 152 g/mol. The van der Waals surface area contributed by atoms with Crippen molar-refractivity contribution in [2.24, 2.45) is 0 Å². The van der Waals surface area contributed by atoms with Gasteiger partial charge in [-0.05, 0) is 27.2 Å². The Hall–Kier alpha value is -0.780. The largest absolute Gasteiger partial charge is 0.0961 e. The molecule has 0 heteroatoms. The van der Waals surface area contributed by atoms with Gasteiger partial charge in [0.15, 0.2) is 0 Å². The molecule has 0 fully saturated rings. The van der Waals surface area contributed by atoms with Gasteiger partial charge in [-0.1, -0.05) is 43.4 Å². The molecule has 0 spiro atoms. The number of hydrogen-bond acceptors (Lipinski definition) is 0. The second-order valence-electron chi connectivity index (χ2n) is 2.32. The van der Waals surface area contributed by atoms with Gasteiger partial charge in [-0.25, -0.2) is 0 Å².